The van der Waals surface area contributed by atoms with Crippen LogP contribution in [-0.4, -0.2) is 15.9 Å². The van der Waals surface area contributed by atoms with Crippen LogP contribution in [-0.2, 0) is 6.54 Å². The monoisotopic (exact) mass is 293 g/mol. The van der Waals surface area contributed by atoms with Crippen molar-refractivity contribution in [1.29, 1.82) is 0 Å². The number of nitro benzene ring substituents is 2. The average molecular weight is 293 g/mol. The Balaban J connectivity index is 2.08. The minimum atomic E-state index is -0.618. The molecule has 114 valence electrons. The van der Waals surface area contributed by atoms with Gasteiger partial charge in [-0.15, -0.1) is 0 Å². The van der Waals surface area contributed by atoms with Gasteiger partial charge < -0.3 is 5.32 Å². The average Bonchev–Trinajstić information content (AvgIpc) is 2.44. The molecule has 1 aliphatic carbocycles. The maximum Gasteiger partial charge on any atom is 0.280 e. The molecule has 0 heterocycles. The van der Waals surface area contributed by atoms with Gasteiger partial charge in [-0.05, 0) is 24.8 Å². The SMILES string of the molecule is CC1CCCC(NCc2ccc([N+](=O)[O-])cc2[N+](=O)[O-])C1. The summed E-state index contributed by atoms with van der Waals surface area (Å²) in [5.41, 5.74) is 0.0427. The molecule has 7 heteroatoms. The highest BCUT2D eigenvalue weighted by molar-refractivity contribution is 5.49. The molecule has 21 heavy (non-hydrogen) atoms. The van der Waals surface area contributed by atoms with Gasteiger partial charge in [0.05, 0.1) is 15.9 Å². The Morgan fingerprint density at radius 2 is 2.00 bits per heavy atom. The number of nitro groups is 2. The van der Waals surface area contributed by atoms with Crippen molar-refractivity contribution in [3.8, 4) is 0 Å². The van der Waals surface area contributed by atoms with Crippen molar-refractivity contribution < 1.29 is 9.85 Å². The third kappa shape index (κ3) is 3.98. The molecule has 0 saturated heterocycles. The van der Waals surface area contributed by atoms with E-state index in [2.05, 4.69) is 12.2 Å². The fourth-order valence-electron chi connectivity index (χ4n) is 2.86. The number of hydrogen-bond donors (Lipinski definition) is 1. The van der Waals surface area contributed by atoms with Gasteiger partial charge in [0.25, 0.3) is 11.4 Å². The summed E-state index contributed by atoms with van der Waals surface area (Å²) in [6, 6.07) is 4.17. The predicted octanol–water partition coefficient (Wildman–Crippen LogP) is 3.17. The third-order valence-electron chi connectivity index (χ3n) is 3.99. The van der Waals surface area contributed by atoms with Gasteiger partial charge in [-0.25, -0.2) is 0 Å². The summed E-state index contributed by atoms with van der Waals surface area (Å²) < 4.78 is 0. The van der Waals surface area contributed by atoms with Gasteiger partial charge in [-0.1, -0.05) is 19.8 Å². The molecule has 1 saturated carbocycles. The van der Waals surface area contributed by atoms with Crippen molar-refractivity contribution in [1.82, 2.24) is 5.32 Å². The molecule has 0 amide bonds. The van der Waals surface area contributed by atoms with E-state index in [1.165, 1.54) is 25.0 Å². The zero-order valence-corrected chi connectivity index (χ0v) is 11.9. The van der Waals surface area contributed by atoms with Gasteiger partial charge in [0.2, 0.25) is 0 Å². The zero-order chi connectivity index (χ0) is 15.4. The number of hydrogen-bond acceptors (Lipinski definition) is 5. The number of nitrogens with one attached hydrogen (secondary N) is 1. The third-order valence-corrected chi connectivity index (χ3v) is 3.99. The lowest BCUT2D eigenvalue weighted by molar-refractivity contribution is -0.394. The van der Waals surface area contributed by atoms with Crippen LogP contribution in [0.2, 0.25) is 0 Å². The molecule has 0 aliphatic heterocycles. The van der Waals surface area contributed by atoms with E-state index in [9.17, 15) is 20.2 Å². The predicted molar refractivity (Wildman–Crippen MR) is 78.0 cm³/mol. The van der Waals surface area contributed by atoms with Gasteiger partial charge in [0.1, 0.15) is 0 Å². The normalized spacial score (nSPS) is 22.0. The zero-order valence-electron chi connectivity index (χ0n) is 11.9. The lowest BCUT2D eigenvalue weighted by Gasteiger charge is -2.27. The van der Waals surface area contributed by atoms with Gasteiger partial charge in [-0.3, -0.25) is 20.2 Å². The van der Waals surface area contributed by atoms with Gasteiger partial charge in [0.15, 0.2) is 0 Å². The van der Waals surface area contributed by atoms with Crippen molar-refractivity contribution in [2.75, 3.05) is 0 Å². The Bertz CT molecular complexity index is 547. The minimum Gasteiger partial charge on any atom is -0.310 e. The van der Waals surface area contributed by atoms with Crippen LogP contribution in [0.15, 0.2) is 18.2 Å². The second-order valence-corrected chi connectivity index (χ2v) is 5.68. The Labute approximate surface area is 122 Å². The molecule has 2 atom stereocenters. The van der Waals surface area contributed by atoms with Crippen molar-refractivity contribution >= 4 is 11.4 Å². The molecule has 2 rings (SSSR count). The molecular weight excluding hydrogens is 274 g/mol. The largest absolute Gasteiger partial charge is 0.310 e. The van der Waals surface area contributed by atoms with Gasteiger partial charge >= 0.3 is 0 Å². The van der Waals surface area contributed by atoms with Gasteiger partial charge in [0, 0.05) is 24.2 Å². The van der Waals surface area contributed by atoms with Crippen molar-refractivity contribution in [3.05, 3.63) is 44.0 Å². The van der Waals surface area contributed by atoms with Crippen LogP contribution in [0.4, 0.5) is 11.4 Å². The Morgan fingerprint density at radius 1 is 1.24 bits per heavy atom. The van der Waals surface area contributed by atoms with Crippen LogP contribution in [0.5, 0.6) is 0 Å². The van der Waals surface area contributed by atoms with Crippen molar-refractivity contribution in [2.24, 2.45) is 5.92 Å². The number of rotatable bonds is 5. The lowest BCUT2D eigenvalue weighted by atomic mass is 9.87. The fraction of sp³-hybridized carbons (Fsp3) is 0.571. The number of benzene rings is 1. The number of non-ortho nitro benzene ring substituents is 1. The highest BCUT2D eigenvalue weighted by atomic mass is 16.6. The Morgan fingerprint density at radius 3 is 2.62 bits per heavy atom. The van der Waals surface area contributed by atoms with Crippen LogP contribution in [0, 0.1) is 26.1 Å². The summed E-state index contributed by atoms with van der Waals surface area (Å²) in [6.45, 7) is 2.58. The molecule has 1 aromatic rings. The highest BCUT2D eigenvalue weighted by Gasteiger charge is 2.22. The van der Waals surface area contributed by atoms with Crippen LogP contribution in [0.3, 0.4) is 0 Å². The van der Waals surface area contributed by atoms with Crippen LogP contribution < -0.4 is 5.32 Å². The number of nitrogens with zero attached hydrogens (tertiary/aromatic N) is 2. The van der Waals surface area contributed by atoms with E-state index in [1.807, 2.05) is 0 Å². The summed E-state index contributed by atoms with van der Waals surface area (Å²) in [5.74, 6) is 0.670. The van der Waals surface area contributed by atoms with E-state index in [0.29, 0.717) is 24.1 Å². The molecule has 0 aromatic heterocycles. The van der Waals surface area contributed by atoms with E-state index in [1.54, 1.807) is 0 Å². The quantitative estimate of drug-likeness (QED) is 0.664. The van der Waals surface area contributed by atoms with E-state index >= 15 is 0 Å². The molecule has 0 radical (unpaired) electrons. The topological polar surface area (TPSA) is 98.3 Å². The minimum absolute atomic E-state index is 0.194. The van der Waals surface area contributed by atoms with E-state index < -0.39 is 9.85 Å². The van der Waals surface area contributed by atoms with Crippen LogP contribution >= 0.6 is 0 Å². The van der Waals surface area contributed by atoms with Crippen molar-refractivity contribution in [3.63, 3.8) is 0 Å². The molecule has 1 fully saturated rings. The molecule has 1 aromatic carbocycles. The Hall–Kier alpha value is -2.02. The van der Waals surface area contributed by atoms with Crippen LogP contribution in [0.25, 0.3) is 0 Å². The standard InChI is InChI=1S/C14H19N3O4/c1-10-3-2-4-12(7-10)15-9-11-5-6-13(16(18)19)8-14(11)17(20)21/h5-6,8,10,12,15H,2-4,7,9H2,1H3. The van der Waals surface area contributed by atoms with Crippen molar-refractivity contribution in [2.45, 2.75) is 45.2 Å². The first-order valence-corrected chi connectivity index (χ1v) is 7.12. The summed E-state index contributed by atoms with van der Waals surface area (Å²) in [7, 11) is 0. The lowest BCUT2D eigenvalue weighted by Crippen LogP contribution is -2.33. The smallest absolute Gasteiger partial charge is 0.280 e. The first-order chi connectivity index (χ1) is 9.97. The molecule has 0 spiro atoms. The first kappa shape index (κ1) is 15.4. The van der Waals surface area contributed by atoms with E-state index in [-0.39, 0.29) is 11.4 Å². The second kappa shape index (κ2) is 6.62. The maximum atomic E-state index is 11.1. The summed E-state index contributed by atoms with van der Waals surface area (Å²) in [6.07, 6.45) is 4.54. The molecule has 0 bridgehead atoms. The van der Waals surface area contributed by atoms with Gasteiger partial charge in [-0.2, -0.15) is 0 Å². The highest BCUT2D eigenvalue weighted by Crippen LogP contribution is 2.27. The maximum absolute atomic E-state index is 11.1. The summed E-state index contributed by atoms with van der Waals surface area (Å²) in [4.78, 5) is 20.6. The molecule has 2 unspecified atom stereocenters. The van der Waals surface area contributed by atoms with E-state index in [4.69, 9.17) is 0 Å². The molecule has 1 N–H and O–H groups in total. The first-order valence-electron chi connectivity index (χ1n) is 7.12. The molecule has 7 nitrogen and oxygen atoms in total. The Kier molecular flexibility index (Phi) is 4.85. The van der Waals surface area contributed by atoms with Crippen LogP contribution in [0.1, 0.15) is 38.2 Å². The summed E-state index contributed by atoms with van der Waals surface area (Å²) >= 11 is 0. The van der Waals surface area contributed by atoms with E-state index in [0.717, 1.165) is 18.9 Å². The molecular formula is C14H19N3O4. The second-order valence-electron chi connectivity index (χ2n) is 5.68. The fourth-order valence-corrected chi connectivity index (χ4v) is 2.86. The summed E-state index contributed by atoms with van der Waals surface area (Å²) in [5, 5.41) is 25.1. The molecule has 1 aliphatic rings.